The average molecular weight is 419 g/mol. The molecular formula is C13H24F2IN3O2. The topological polar surface area (TPSA) is 53.9 Å². The number of hydrogen-bond donors (Lipinski definition) is 1. The quantitative estimate of drug-likeness (QED) is 0.321. The SMILES string of the molecule is CCNC(=NCC(F)F)N1CCC[C@@H](C(=O)OCC)C1.I. The summed E-state index contributed by atoms with van der Waals surface area (Å²) in [6, 6.07) is 0. The summed E-state index contributed by atoms with van der Waals surface area (Å²) in [6.45, 7) is 5.26. The predicted molar refractivity (Wildman–Crippen MR) is 88.3 cm³/mol. The molecular weight excluding hydrogens is 395 g/mol. The van der Waals surface area contributed by atoms with Crippen LogP contribution in [0.5, 0.6) is 0 Å². The molecule has 0 unspecified atom stereocenters. The summed E-state index contributed by atoms with van der Waals surface area (Å²) < 4.78 is 29.6. The fourth-order valence-electron chi connectivity index (χ4n) is 2.20. The van der Waals surface area contributed by atoms with E-state index in [2.05, 4.69) is 10.3 Å². The lowest BCUT2D eigenvalue weighted by Crippen LogP contribution is -2.48. The Hall–Kier alpha value is -0.670. The molecule has 1 N–H and O–H groups in total. The molecule has 1 saturated heterocycles. The summed E-state index contributed by atoms with van der Waals surface area (Å²) >= 11 is 0. The maximum atomic E-state index is 12.3. The number of nitrogens with one attached hydrogen (secondary N) is 1. The van der Waals surface area contributed by atoms with Crippen molar-refractivity contribution in [3.05, 3.63) is 0 Å². The molecule has 1 aliphatic heterocycles. The second-order valence-electron chi connectivity index (χ2n) is 4.62. The van der Waals surface area contributed by atoms with E-state index >= 15 is 0 Å². The van der Waals surface area contributed by atoms with Crippen molar-refractivity contribution in [1.29, 1.82) is 0 Å². The summed E-state index contributed by atoms with van der Waals surface area (Å²) in [5.74, 6) is 0.0165. The molecule has 1 aliphatic rings. The van der Waals surface area contributed by atoms with E-state index in [0.29, 0.717) is 32.2 Å². The van der Waals surface area contributed by atoms with Gasteiger partial charge in [-0.15, -0.1) is 24.0 Å². The number of piperidine rings is 1. The molecule has 0 bridgehead atoms. The molecule has 1 heterocycles. The smallest absolute Gasteiger partial charge is 0.310 e. The summed E-state index contributed by atoms with van der Waals surface area (Å²) in [5, 5.41) is 2.99. The Morgan fingerprint density at radius 1 is 1.48 bits per heavy atom. The van der Waals surface area contributed by atoms with E-state index in [1.165, 1.54) is 0 Å². The molecule has 0 aromatic carbocycles. The van der Waals surface area contributed by atoms with Crippen molar-refractivity contribution in [2.24, 2.45) is 10.9 Å². The van der Waals surface area contributed by atoms with Crippen LogP contribution in [0.15, 0.2) is 4.99 Å². The fourth-order valence-corrected chi connectivity index (χ4v) is 2.20. The van der Waals surface area contributed by atoms with E-state index in [-0.39, 0.29) is 35.9 Å². The van der Waals surface area contributed by atoms with Gasteiger partial charge in [0.15, 0.2) is 5.96 Å². The number of halogens is 3. The van der Waals surface area contributed by atoms with Gasteiger partial charge in [-0.25, -0.2) is 13.8 Å². The summed E-state index contributed by atoms with van der Waals surface area (Å²) in [5.41, 5.74) is 0. The molecule has 1 fully saturated rings. The van der Waals surface area contributed by atoms with Crippen LogP contribution in [-0.4, -0.2) is 56.0 Å². The van der Waals surface area contributed by atoms with Gasteiger partial charge < -0.3 is 15.0 Å². The third-order valence-corrected chi connectivity index (χ3v) is 3.05. The van der Waals surface area contributed by atoms with Crippen molar-refractivity contribution in [2.45, 2.75) is 33.1 Å². The van der Waals surface area contributed by atoms with Crippen LogP contribution in [0.4, 0.5) is 8.78 Å². The van der Waals surface area contributed by atoms with Crippen molar-refractivity contribution in [3.63, 3.8) is 0 Å². The Labute approximate surface area is 141 Å². The van der Waals surface area contributed by atoms with E-state index in [4.69, 9.17) is 4.74 Å². The van der Waals surface area contributed by atoms with Crippen LogP contribution < -0.4 is 5.32 Å². The molecule has 0 amide bonds. The van der Waals surface area contributed by atoms with Gasteiger partial charge in [0.05, 0.1) is 12.5 Å². The standard InChI is InChI=1S/C13H23F2N3O2.HI/c1-3-16-13(17-8-11(14)15)18-7-5-6-10(9-18)12(19)20-4-2;/h10-11H,3-9H2,1-2H3,(H,16,17);1H/t10-;/m1./s1. The zero-order valence-electron chi connectivity index (χ0n) is 12.5. The van der Waals surface area contributed by atoms with Gasteiger partial charge >= 0.3 is 5.97 Å². The Kier molecular flexibility index (Phi) is 10.6. The number of esters is 1. The maximum Gasteiger partial charge on any atom is 0.310 e. The summed E-state index contributed by atoms with van der Waals surface area (Å²) in [6.07, 6.45) is -0.874. The van der Waals surface area contributed by atoms with E-state index in [0.717, 1.165) is 12.8 Å². The van der Waals surface area contributed by atoms with Crippen LogP contribution in [0.2, 0.25) is 0 Å². The van der Waals surface area contributed by atoms with Crippen molar-refractivity contribution in [2.75, 3.05) is 32.8 Å². The largest absolute Gasteiger partial charge is 0.466 e. The lowest BCUT2D eigenvalue weighted by Gasteiger charge is -2.34. The van der Waals surface area contributed by atoms with Gasteiger partial charge in [-0.1, -0.05) is 0 Å². The molecule has 0 saturated carbocycles. The predicted octanol–water partition coefficient (Wildman–Crippen LogP) is 2.11. The highest BCUT2D eigenvalue weighted by Gasteiger charge is 2.28. The number of likely N-dealkylation sites (tertiary alicyclic amines) is 1. The van der Waals surface area contributed by atoms with Crippen LogP contribution in [0.3, 0.4) is 0 Å². The van der Waals surface area contributed by atoms with Gasteiger partial charge in [-0.05, 0) is 26.7 Å². The Morgan fingerprint density at radius 2 is 2.19 bits per heavy atom. The molecule has 1 atom stereocenters. The molecule has 21 heavy (non-hydrogen) atoms. The second-order valence-corrected chi connectivity index (χ2v) is 4.62. The van der Waals surface area contributed by atoms with Crippen LogP contribution in [0, 0.1) is 5.92 Å². The minimum atomic E-state index is -2.46. The van der Waals surface area contributed by atoms with Crippen LogP contribution >= 0.6 is 24.0 Å². The van der Waals surface area contributed by atoms with E-state index in [1.54, 1.807) is 6.92 Å². The summed E-state index contributed by atoms with van der Waals surface area (Å²) in [7, 11) is 0. The number of hydrogen-bond acceptors (Lipinski definition) is 3. The van der Waals surface area contributed by atoms with Gasteiger partial charge in [0.25, 0.3) is 6.43 Å². The minimum absolute atomic E-state index is 0. The van der Waals surface area contributed by atoms with E-state index in [1.807, 2.05) is 11.8 Å². The average Bonchev–Trinajstić information content (AvgIpc) is 2.43. The Bertz CT molecular complexity index is 343. The molecule has 0 aliphatic carbocycles. The van der Waals surface area contributed by atoms with E-state index < -0.39 is 13.0 Å². The van der Waals surface area contributed by atoms with Gasteiger partial charge in [-0.3, -0.25) is 4.79 Å². The summed E-state index contributed by atoms with van der Waals surface area (Å²) in [4.78, 5) is 17.5. The number of rotatable bonds is 5. The molecule has 124 valence electrons. The van der Waals surface area contributed by atoms with Crippen LogP contribution in [-0.2, 0) is 9.53 Å². The lowest BCUT2D eigenvalue weighted by molar-refractivity contribution is -0.149. The third kappa shape index (κ3) is 7.23. The van der Waals surface area contributed by atoms with Crippen LogP contribution in [0.1, 0.15) is 26.7 Å². The Balaban J connectivity index is 0.00000400. The normalized spacial score (nSPS) is 19.2. The highest BCUT2D eigenvalue weighted by atomic mass is 127. The van der Waals surface area contributed by atoms with E-state index in [9.17, 15) is 13.6 Å². The monoisotopic (exact) mass is 419 g/mol. The van der Waals surface area contributed by atoms with Gasteiger partial charge in [0.2, 0.25) is 0 Å². The zero-order chi connectivity index (χ0) is 15.0. The molecule has 8 heteroatoms. The second kappa shape index (κ2) is 11.0. The van der Waals surface area contributed by atoms with Gasteiger partial charge in [0, 0.05) is 19.6 Å². The first-order valence-corrected chi connectivity index (χ1v) is 7.06. The molecule has 0 aromatic heterocycles. The molecule has 0 aromatic rings. The number of carbonyl (C=O) groups excluding carboxylic acids is 1. The first-order valence-electron chi connectivity index (χ1n) is 7.06. The number of nitrogens with zero attached hydrogens (tertiary/aromatic N) is 2. The maximum absolute atomic E-state index is 12.3. The molecule has 1 rings (SSSR count). The number of guanidine groups is 1. The van der Waals surface area contributed by atoms with Crippen molar-refractivity contribution < 1.29 is 18.3 Å². The first-order chi connectivity index (χ1) is 9.58. The number of aliphatic imine (C=N–C) groups is 1. The highest BCUT2D eigenvalue weighted by Crippen LogP contribution is 2.18. The zero-order valence-corrected chi connectivity index (χ0v) is 14.8. The molecule has 5 nitrogen and oxygen atoms in total. The lowest BCUT2D eigenvalue weighted by atomic mass is 9.98. The Morgan fingerprint density at radius 3 is 2.76 bits per heavy atom. The van der Waals surface area contributed by atoms with Crippen molar-refractivity contribution in [3.8, 4) is 0 Å². The minimum Gasteiger partial charge on any atom is -0.466 e. The number of alkyl halides is 2. The molecule has 0 radical (unpaired) electrons. The van der Waals surface area contributed by atoms with Crippen LogP contribution in [0.25, 0.3) is 0 Å². The fraction of sp³-hybridized carbons (Fsp3) is 0.846. The van der Waals surface area contributed by atoms with Gasteiger partial charge in [0.1, 0.15) is 6.54 Å². The number of ether oxygens (including phenoxy) is 1. The first kappa shape index (κ1) is 20.3. The van der Waals surface area contributed by atoms with Crippen molar-refractivity contribution >= 4 is 35.9 Å². The van der Waals surface area contributed by atoms with Crippen molar-refractivity contribution in [1.82, 2.24) is 10.2 Å². The number of carbonyl (C=O) groups is 1. The molecule has 0 spiro atoms. The third-order valence-electron chi connectivity index (χ3n) is 3.05. The highest BCUT2D eigenvalue weighted by molar-refractivity contribution is 14.0. The van der Waals surface area contributed by atoms with Gasteiger partial charge in [-0.2, -0.15) is 0 Å².